The second-order valence-corrected chi connectivity index (χ2v) is 3.28. The Morgan fingerprint density at radius 1 is 1.56 bits per heavy atom. The highest BCUT2D eigenvalue weighted by molar-refractivity contribution is 5.93. The van der Waals surface area contributed by atoms with Crippen molar-refractivity contribution in [3.63, 3.8) is 0 Å². The summed E-state index contributed by atoms with van der Waals surface area (Å²) in [4.78, 5) is 18.3. The first-order chi connectivity index (χ1) is 7.75. The molecule has 5 N–H and O–H groups in total. The molecule has 0 saturated heterocycles. The minimum Gasteiger partial charge on any atom is -0.397 e. The highest BCUT2D eigenvalue weighted by Gasteiger charge is 2.06. The highest BCUT2D eigenvalue weighted by atomic mass is 16.1. The van der Waals surface area contributed by atoms with Crippen LogP contribution in [0, 0.1) is 0 Å². The first-order valence-electron chi connectivity index (χ1n) is 4.82. The maximum absolute atomic E-state index is 11.5. The summed E-state index contributed by atoms with van der Waals surface area (Å²) < 4.78 is 0. The number of H-pyrrole nitrogens is 2. The SMILES string of the molecule is Nc1c[nH]c(C(=O)NCCc2ncn[nH]2)c1. The van der Waals surface area contributed by atoms with E-state index in [1.54, 1.807) is 12.3 Å². The van der Waals surface area contributed by atoms with E-state index in [2.05, 4.69) is 25.5 Å². The van der Waals surface area contributed by atoms with Gasteiger partial charge in [0.05, 0.1) is 0 Å². The first kappa shape index (κ1) is 10.2. The standard InChI is InChI=1S/C9H12N6O/c10-6-3-7(12-4-6)9(16)11-2-1-8-13-5-14-15-8/h3-5,12H,1-2,10H2,(H,11,16)(H,13,14,15). The van der Waals surface area contributed by atoms with Crippen molar-refractivity contribution in [1.82, 2.24) is 25.5 Å². The van der Waals surface area contributed by atoms with Gasteiger partial charge >= 0.3 is 0 Å². The molecule has 0 aromatic carbocycles. The number of carbonyl (C=O) groups is 1. The molecule has 0 radical (unpaired) electrons. The molecule has 2 aromatic rings. The summed E-state index contributed by atoms with van der Waals surface area (Å²) in [5, 5.41) is 9.16. The molecular weight excluding hydrogens is 208 g/mol. The van der Waals surface area contributed by atoms with Crippen molar-refractivity contribution in [1.29, 1.82) is 0 Å². The fourth-order valence-electron chi connectivity index (χ4n) is 1.28. The van der Waals surface area contributed by atoms with Crippen LogP contribution in [0.15, 0.2) is 18.6 Å². The molecule has 2 aromatic heterocycles. The second-order valence-electron chi connectivity index (χ2n) is 3.28. The van der Waals surface area contributed by atoms with Gasteiger partial charge in [-0.1, -0.05) is 0 Å². The van der Waals surface area contributed by atoms with Gasteiger partial charge in [-0.15, -0.1) is 0 Å². The predicted octanol–water partition coefficient (Wildman–Crippen LogP) is -0.313. The zero-order chi connectivity index (χ0) is 11.4. The number of nitrogens with one attached hydrogen (secondary N) is 3. The number of hydrogen-bond donors (Lipinski definition) is 4. The Morgan fingerprint density at radius 2 is 2.44 bits per heavy atom. The van der Waals surface area contributed by atoms with Crippen LogP contribution < -0.4 is 11.1 Å². The molecule has 0 aliphatic rings. The molecule has 84 valence electrons. The number of aromatic amines is 2. The lowest BCUT2D eigenvalue weighted by atomic mass is 10.3. The van der Waals surface area contributed by atoms with E-state index in [4.69, 9.17) is 5.73 Å². The fraction of sp³-hybridized carbons (Fsp3) is 0.222. The zero-order valence-corrected chi connectivity index (χ0v) is 8.53. The molecule has 7 heteroatoms. The van der Waals surface area contributed by atoms with Crippen molar-refractivity contribution < 1.29 is 4.79 Å². The van der Waals surface area contributed by atoms with Gasteiger partial charge in [-0.2, -0.15) is 5.10 Å². The number of hydrogen-bond acceptors (Lipinski definition) is 4. The maximum Gasteiger partial charge on any atom is 0.267 e. The Kier molecular flexibility index (Phi) is 2.86. The summed E-state index contributed by atoms with van der Waals surface area (Å²) in [5.74, 6) is 0.558. The molecule has 0 fully saturated rings. The topological polar surface area (TPSA) is 112 Å². The highest BCUT2D eigenvalue weighted by Crippen LogP contribution is 2.03. The lowest BCUT2D eigenvalue weighted by Gasteiger charge is -2.01. The van der Waals surface area contributed by atoms with Gasteiger partial charge in [-0.05, 0) is 6.07 Å². The van der Waals surface area contributed by atoms with E-state index in [1.807, 2.05) is 0 Å². The summed E-state index contributed by atoms with van der Waals surface area (Å²) in [6.07, 6.45) is 3.62. The van der Waals surface area contributed by atoms with Gasteiger partial charge in [0.2, 0.25) is 0 Å². The quantitative estimate of drug-likeness (QED) is 0.566. The van der Waals surface area contributed by atoms with Gasteiger partial charge in [0.15, 0.2) is 0 Å². The maximum atomic E-state index is 11.5. The minimum absolute atomic E-state index is 0.184. The predicted molar refractivity (Wildman–Crippen MR) is 57.6 cm³/mol. The molecule has 2 rings (SSSR count). The van der Waals surface area contributed by atoms with E-state index in [-0.39, 0.29) is 5.91 Å². The molecule has 16 heavy (non-hydrogen) atoms. The molecule has 0 aliphatic heterocycles. The van der Waals surface area contributed by atoms with Crippen molar-refractivity contribution >= 4 is 11.6 Å². The van der Waals surface area contributed by atoms with Crippen LogP contribution in [0.4, 0.5) is 5.69 Å². The summed E-state index contributed by atoms with van der Waals surface area (Å²) in [7, 11) is 0. The van der Waals surface area contributed by atoms with E-state index in [1.165, 1.54) is 6.33 Å². The Labute approximate surface area is 91.5 Å². The monoisotopic (exact) mass is 220 g/mol. The van der Waals surface area contributed by atoms with Gasteiger partial charge < -0.3 is 16.0 Å². The third-order valence-corrected chi connectivity index (χ3v) is 2.06. The van der Waals surface area contributed by atoms with Crippen molar-refractivity contribution in [2.24, 2.45) is 0 Å². The van der Waals surface area contributed by atoms with Crippen LogP contribution >= 0.6 is 0 Å². The molecule has 0 saturated carbocycles. The molecule has 2 heterocycles. The largest absolute Gasteiger partial charge is 0.397 e. The number of nitrogens with zero attached hydrogens (tertiary/aromatic N) is 2. The van der Waals surface area contributed by atoms with Crippen LogP contribution in [0.3, 0.4) is 0 Å². The van der Waals surface area contributed by atoms with Gasteiger partial charge in [0.1, 0.15) is 17.8 Å². The van der Waals surface area contributed by atoms with Crippen molar-refractivity contribution in [2.45, 2.75) is 6.42 Å². The van der Waals surface area contributed by atoms with Crippen LogP contribution in [0.25, 0.3) is 0 Å². The second kappa shape index (κ2) is 4.47. The summed E-state index contributed by atoms with van der Waals surface area (Å²) >= 11 is 0. The molecule has 7 nitrogen and oxygen atoms in total. The van der Waals surface area contributed by atoms with Crippen molar-refractivity contribution in [2.75, 3.05) is 12.3 Å². The van der Waals surface area contributed by atoms with Gasteiger partial charge in [0, 0.05) is 24.8 Å². The summed E-state index contributed by atoms with van der Waals surface area (Å²) in [6, 6.07) is 1.59. The number of aromatic nitrogens is 4. The normalized spacial score (nSPS) is 10.2. The Bertz CT molecular complexity index is 460. The molecule has 0 aliphatic carbocycles. The van der Waals surface area contributed by atoms with Gasteiger partial charge in [0.25, 0.3) is 5.91 Å². The summed E-state index contributed by atoms with van der Waals surface area (Å²) in [5.41, 5.74) is 6.48. The van der Waals surface area contributed by atoms with E-state index in [9.17, 15) is 4.79 Å². The van der Waals surface area contributed by atoms with Crippen LogP contribution in [-0.2, 0) is 6.42 Å². The van der Waals surface area contributed by atoms with Crippen molar-refractivity contribution in [3.05, 3.63) is 30.1 Å². The van der Waals surface area contributed by atoms with E-state index >= 15 is 0 Å². The van der Waals surface area contributed by atoms with Crippen LogP contribution in [0.2, 0.25) is 0 Å². The van der Waals surface area contributed by atoms with Crippen LogP contribution in [0.1, 0.15) is 16.3 Å². The Balaban J connectivity index is 1.80. The first-order valence-corrected chi connectivity index (χ1v) is 4.82. The number of amides is 1. The third-order valence-electron chi connectivity index (χ3n) is 2.06. The number of carbonyl (C=O) groups excluding carboxylic acids is 1. The number of anilines is 1. The lowest BCUT2D eigenvalue weighted by molar-refractivity contribution is 0.0949. The number of rotatable bonds is 4. The van der Waals surface area contributed by atoms with Crippen molar-refractivity contribution in [3.8, 4) is 0 Å². The van der Waals surface area contributed by atoms with Gasteiger partial charge in [-0.3, -0.25) is 9.89 Å². The van der Waals surface area contributed by atoms with E-state index < -0.39 is 0 Å². The van der Waals surface area contributed by atoms with Crippen LogP contribution in [-0.4, -0.2) is 32.6 Å². The smallest absolute Gasteiger partial charge is 0.267 e. The number of nitrogens with two attached hydrogens (primary N) is 1. The third kappa shape index (κ3) is 2.38. The number of nitrogen functional groups attached to an aromatic ring is 1. The molecular formula is C9H12N6O. The zero-order valence-electron chi connectivity index (χ0n) is 8.53. The van der Waals surface area contributed by atoms with E-state index in [0.29, 0.717) is 24.3 Å². The Hall–Kier alpha value is -2.31. The van der Waals surface area contributed by atoms with Gasteiger partial charge in [-0.25, -0.2) is 4.98 Å². The molecule has 1 amide bonds. The molecule has 0 spiro atoms. The molecule has 0 bridgehead atoms. The molecule has 0 unspecified atom stereocenters. The lowest BCUT2D eigenvalue weighted by Crippen LogP contribution is -2.26. The average molecular weight is 220 g/mol. The fourth-order valence-corrected chi connectivity index (χ4v) is 1.28. The Morgan fingerprint density at radius 3 is 3.06 bits per heavy atom. The average Bonchev–Trinajstić information content (AvgIpc) is 2.89. The van der Waals surface area contributed by atoms with Crippen LogP contribution in [0.5, 0.6) is 0 Å². The van der Waals surface area contributed by atoms with E-state index in [0.717, 1.165) is 5.82 Å². The summed E-state index contributed by atoms with van der Waals surface area (Å²) in [6.45, 7) is 0.493. The minimum atomic E-state index is -0.184. The molecule has 0 atom stereocenters.